The Morgan fingerprint density at radius 2 is 2.25 bits per heavy atom. The fraction of sp³-hybridized carbons (Fsp3) is 0.538. The highest BCUT2D eigenvalue weighted by Crippen LogP contribution is 2.30. The van der Waals surface area contributed by atoms with Gasteiger partial charge in [0.25, 0.3) is 0 Å². The lowest BCUT2D eigenvalue weighted by Gasteiger charge is -2.06. The first-order chi connectivity index (χ1) is 9.74. The largest absolute Gasteiger partial charge is 0.396 e. The van der Waals surface area contributed by atoms with Crippen LogP contribution in [0.15, 0.2) is 6.07 Å². The van der Waals surface area contributed by atoms with Gasteiger partial charge >= 0.3 is 0 Å². The Balaban J connectivity index is 1.99. The second kappa shape index (κ2) is 8.02. The number of aryl methyl sites for hydroxylation is 1. The smallest absolute Gasteiger partial charge is 0.225 e. The molecule has 0 aromatic carbocycles. The molecule has 0 unspecified atom stereocenters. The van der Waals surface area contributed by atoms with Crippen molar-refractivity contribution < 1.29 is 5.11 Å². The summed E-state index contributed by atoms with van der Waals surface area (Å²) in [6.45, 7) is 3.22. The zero-order chi connectivity index (χ0) is 14.4. The molecular weight excluding hydrogens is 314 g/mol. The van der Waals surface area contributed by atoms with Gasteiger partial charge in [-0.3, -0.25) is 0 Å². The molecule has 0 saturated heterocycles. The third-order valence-electron chi connectivity index (χ3n) is 2.75. The number of nitrogens with one attached hydrogen (secondary N) is 1. The van der Waals surface area contributed by atoms with Crippen LogP contribution in [-0.2, 0) is 6.42 Å². The first-order valence-electron chi connectivity index (χ1n) is 6.63. The maximum absolute atomic E-state index is 8.72. The predicted octanol–water partition coefficient (Wildman–Crippen LogP) is 3.43. The van der Waals surface area contributed by atoms with E-state index in [1.165, 1.54) is 4.88 Å². The van der Waals surface area contributed by atoms with Crippen LogP contribution in [0.2, 0.25) is 5.28 Å². The first-order valence-corrected chi connectivity index (χ1v) is 8.98. The van der Waals surface area contributed by atoms with Gasteiger partial charge in [0.15, 0.2) is 0 Å². The van der Waals surface area contributed by atoms with Crippen molar-refractivity contribution in [2.75, 3.05) is 30.0 Å². The maximum atomic E-state index is 8.72. The van der Waals surface area contributed by atoms with E-state index in [2.05, 4.69) is 28.3 Å². The van der Waals surface area contributed by atoms with E-state index in [4.69, 9.17) is 16.7 Å². The molecule has 0 fully saturated rings. The standard InChI is InChI=1S/C13H18ClN3OS2/c1-2-9-8-10-11(15-4-7-19-6-3-5-18)16-13(14)17-12(10)20-9/h8,18H,2-7H2,1H3,(H,15,16,17). The molecule has 0 aliphatic rings. The molecule has 0 amide bonds. The molecule has 0 spiro atoms. The van der Waals surface area contributed by atoms with Gasteiger partial charge in [-0.15, -0.1) is 11.3 Å². The fourth-order valence-corrected chi connectivity index (χ4v) is 3.73. The van der Waals surface area contributed by atoms with E-state index >= 15 is 0 Å². The van der Waals surface area contributed by atoms with Gasteiger partial charge in [0.2, 0.25) is 5.28 Å². The van der Waals surface area contributed by atoms with Crippen molar-refractivity contribution in [3.05, 3.63) is 16.2 Å². The first kappa shape index (κ1) is 15.8. The van der Waals surface area contributed by atoms with Crippen LogP contribution in [0.25, 0.3) is 10.2 Å². The van der Waals surface area contributed by atoms with Crippen molar-refractivity contribution in [1.29, 1.82) is 0 Å². The van der Waals surface area contributed by atoms with E-state index in [1.807, 2.05) is 11.8 Å². The SMILES string of the molecule is CCc1cc2c(NCCSCCCO)nc(Cl)nc2s1. The number of thiophene rings is 1. The topological polar surface area (TPSA) is 58.0 Å². The van der Waals surface area contributed by atoms with Gasteiger partial charge < -0.3 is 10.4 Å². The number of aliphatic hydroxyl groups is 1. The zero-order valence-electron chi connectivity index (χ0n) is 11.4. The Morgan fingerprint density at radius 3 is 3.00 bits per heavy atom. The van der Waals surface area contributed by atoms with E-state index in [9.17, 15) is 0 Å². The van der Waals surface area contributed by atoms with Crippen LogP contribution in [0.3, 0.4) is 0 Å². The molecule has 20 heavy (non-hydrogen) atoms. The third-order valence-corrected chi connectivity index (χ3v) is 5.16. The van der Waals surface area contributed by atoms with Crippen LogP contribution >= 0.6 is 34.7 Å². The van der Waals surface area contributed by atoms with Gasteiger partial charge in [-0.25, -0.2) is 9.97 Å². The average molecular weight is 332 g/mol. The van der Waals surface area contributed by atoms with Crippen molar-refractivity contribution in [1.82, 2.24) is 9.97 Å². The summed E-state index contributed by atoms with van der Waals surface area (Å²) in [7, 11) is 0. The van der Waals surface area contributed by atoms with E-state index in [1.54, 1.807) is 11.3 Å². The highest BCUT2D eigenvalue weighted by atomic mass is 35.5. The Bertz CT molecular complexity index is 562. The summed E-state index contributed by atoms with van der Waals surface area (Å²) in [5, 5.41) is 13.4. The highest BCUT2D eigenvalue weighted by molar-refractivity contribution is 7.99. The molecule has 2 rings (SSSR count). The van der Waals surface area contributed by atoms with Gasteiger partial charge in [0.1, 0.15) is 10.6 Å². The second-order valence-corrected chi connectivity index (χ2v) is 6.92. The van der Waals surface area contributed by atoms with Crippen LogP contribution < -0.4 is 5.32 Å². The third kappa shape index (κ3) is 4.22. The molecular formula is C13H18ClN3OS2. The number of aromatic nitrogens is 2. The second-order valence-electron chi connectivity index (χ2n) is 4.24. The predicted molar refractivity (Wildman–Crippen MR) is 89.3 cm³/mol. The molecule has 2 N–H and O–H groups in total. The summed E-state index contributed by atoms with van der Waals surface area (Å²) in [5.74, 6) is 2.78. The number of hydrogen-bond donors (Lipinski definition) is 2. The van der Waals surface area contributed by atoms with Crippen LogP contribution in [0.5, 0.6) is 0 Å². The number of thioether (sulfide) groups is 1. The molecule has 7 heteroatoms. The Hall–Kier alpha value is -0.560. The summed E-state index contributed by atoms with van der Waals surface area (Å²) in [6, 6.07) is 2.14. The van der Waals surface area contributed by atoms with Crippen molar-refractivity contribution in [3.8, 4) is 0 Å². The number of nitrogens with zero attached hydrogens (tertiary/aromatic N) is 2. The van der Waals surface area contributed by atoms with Gasteiger partial charge in [-0.05, 0) is 36.3 Å². The number of anilines is 1. The fourth-order valence-electron chi connectivity index (χ4n) is 1.76. The summed E-state index contributed by atoms with van der Waals surface area (Å²) in [6.07, 6.45) is 1.84. The molecule has 0 bridgehead atoms. The van der Waals surface area contributed by atoms with Crippen molar-refractivity contribution >= 4 is 50.7 Å². The van der Waals surface area contributed by atoms with Crippen LogP contribution in [-0.4, -0.2) is 39.7 Å². The lowest BCUT2D eigenvalue weighted by atomic mass is 10.3. The van der Waals surface area contributed by atoms with Gasteiger partial charge in [0.05, 0.1) is 5.39 Å². The zero-order valence-corrected chi connectivity index (χ0v) is 13.7. The van der Waals surface area contributed by atoms with Gasteiger partial charge in [-0.1, -0.05) is 6.92 Å². The van der Waals surface area contributed by atoms with Crippen molar-refractivity contribution in [3.63, 3.8) is 0 Å². The van der Waals surface area contributed by atoms with E-state index in [-0.39, 0.29) is 11.9 Å². The molecule has 2 heterocycles. The van der Waals surface area contributed by atoms with Crippen molar-refractivity contribution in [2.45, 2.75) is 19.8 Å². The van der Waals surface area contributed by atoms with E-state index in [0.717, 1.165) is 46.9 Å². The summed E-state index contributed by atoms with van der Waals surface area (Å²) < 4.78 is 0. The molecule has 0 saturated carbocycles. The molecule has 0 aliphatic heterocycles. The normalized spacial score (nSPS) is 11.2. The van der Waals surface area contributed by atoms with Crippen LogP contribution in [0, 0.1) is 0 Å². The molecule has 4 nitrogen and oxygen atoms in total. The molecule has 0 atom stereocenters. The summed E-state index contributed by atoms with van der Waals surface area (Å²) in [4.78, 5) is 10.8. The number of fused-ring (bicyclic) bond motifs is 1. The van der Waals surface area contributed by atoms with Crippen molar-refractivity contribution in [2.24, 2.45) is 0 Å². The number of aliphatic hydroxyl groups excluding tert-OH is 1. The maximum Gasteiger partial charge on any atom is 0.225 e. The molecule has 0 radical (unpaired) electrons. The van der Waals surface area contributed by atoms with Gasteiger partial charge in [0, 0.05) is 23.8 Å². The average Bonchev–Trinajstić information content (AvgIpc) is 2.85. The lowest BCUT2D eigenvalue weighted by Crippen LogP contribution is -2.07. The van der Waals surface area contributed by atoms with E-state index in [0.29, 0.717) is 0 Å². The molecule has 0 aliphatic carbocycles. The quantitative estimate of drug-likeness (QED) is 0.573. The highest BCUT2D eigenvalue weighted by Gasteiger charge is 2.10. The van der Waals surface area contributed by atoms with Crippen LogP contribution in [0.4, 0.5) is 5.82 Å². The summed E-state index contributed by atoms with van der Waals surface area (Å²) in [5.41, 5.74) is 0. The molecule has 110 valence electrons. The number of rotatable bonds is 8. The Kier molecular flexibility index (Phi) is 6.35. The molecule has 2 aromatic rings. The Morgan fingerprint density at radius 1 is 1.40 bits per heavy atom. The van der Waals surface area contributed by atoms with E-state index < -0.39 is 0 Å². The Labute approximate surface area is 132 Å². The number of halogens is 1. The lowest BCUT2D eigenvalue weighted by molar-refractivity contribution is 0.296. The van der Waals surface area contributed by atoms with Gasteiger partial charge in [-0.2, -0.15) is 11.8 Å². The number of hydrogen-bond acceptors (Lipinski definition) is 6. The minimum atomic E-state index is 0.261. The monoisotopic (exact) mass is 331 g/mol. The minimum absolute atomic E-state index is 0.261. The van der Waals surface area contributed by atoms with Crippen LogP contribution in [0.1, 0.15) is 18.2 Å². The minimum Gasteiger partial charge on any atom is -0.396 e. The molecule has 2 aromatic heterocycles. The summed E-state index contributed by atoms with van der Waals surface area (Å²) >= 11 is 9.46.